The van der Waals surface area contributed by atoms with Gasteiger partial charge in [-0.15, -0.1) is 0 Å². The Hall–Kier alpha value is -1.64. The minimum atomic E-state index is 0.109. The summed E-state index contributed by atoms with van der Waals surface area (Å²) in [5.74, 6) is 0. The molecule has 15 heavy (non-hydrogen) atoms. The molecule has 0 aliphatic rings. The number of rotatable bonds is 1. The maximum atomic E-state index is 4.19. The van der Waals surface area contributed by atoms with Crippen molar-refractivity contribution >= 4 is 11.7 Å². The molecule has 0 amide bonds. The van der Waals surface area contributed by atoms with E-state index in [4.69, 9.17) is 0 Å². The monoisotopic (exact) mass is 201 g/mol. The van der Waals surface area contributed by atoms with Crippen molar-refractivity contribution < 1.29 is 0 Å². The second-order valence-electron chi connectivity index (χ2n) is 4.67. The second kappa shape index (κ2) is 3.19. The Morgan fingerprint density at radius 2 is 2.13 bits per heavy atom. The molecule has 2 rings (SSSR count). The molecule has 2 aromatic heterocycles. The van der Waals surface area contributed by atoms with Gasteiger partial charge in [0.15, 0.2) is 5.65 Å². The number of hydrogen-bond acceptors (Lipinski definition) is 2. The molecule has 0 fully saturated rings. The van der Waals surface area contributed by atoms with Crippen LogP contribution < -0.4 is 0 Å². The van der Waals surface area contributed by atoms with Gasteiger partial charge in [0, 0.05) is 11.8 Å². The first-order chi connectivity index (χ1) is 7.02. The van der Waals surface area contributed by atoms with Crippen molar-refractivity contribution in [1.29, 1.82) is 0 Å². The van der Waals surface area contributed by atoms with Crippen LogP contribution in [0.15, 0.2) is 25.2 Å². The van der Waals surface area contributed by atoms with Crippen LogP contribution in [0.25, 0.3) is 11.7 Å². The first-order valence-electron chi connectivity index (χ1n) is 4.98. The van der Waals surface area contributed by atoms with Crippen LogP contribution in [0.5, 0.6) is 0 Å². The van der Waals surface area contributed by atoms with Gasteiger partial charge in [0.05, 0.1) is 0 Å². The van der Waals surface area contributed by atoms with Crippen molar-refractivity contribution in [2.45, 2.75) is 26.2 Å². The highest BCUT2D eigenvalue weighted by molar-refractivity contribution is 5.64. The van der Waals surface area contributed by atoms with E-state index in [2.05, 4.69) is 43.5 Å². The molecule has 0 aromatic carbocycles. The third kappa shape index (κ3) is 1.65. The van der Waals surface area contributed by atoms with E-state index in [0.717, 1.165) is 11.2 Å². The third-order valence-electron chi connectivity index (χ3n) is 2.49. The zero-order chi connectivity index (χ0) is 11.1. The fraction of sp³-hybridized carbons (Fsp3) is 0.333. The van der Waals surface area contributed by atoms with Gasteiger partial charge in [0.2, 0.25) is 0 Å². The molecule has 0 unspecified atom stereocenters. The molecule has 78 valence electrons. The Morgan fingerprint density at radius 3 is 2.73 bits per heavy atom. The molecule has 0 aliphatic carbocycles. The van der Waals surface area contributed by atoms with Crippen molar-refractivity contribution in [1.82, 2.24) is 14.6 Å². The summed E-state index contributed by atoms with van der Waals surface area (Å²) in [4.78, 5) is 4.19. The number of aromatic nitrogens is 3. The van der Waals surface area contributed by atoms with E-state index in [1.54, 1.807) is 10.8 Å². The van der Waals surface area contributed by atoms with E-state index in [-0.39, 0.29) is 5.41 Å². The molecule has 0 aliphatic heterocycles. The van der Waals surface area contributed by atoms with E-state index >= 15 is 0 Å². The number of fused-ring (bicyclic) bond motifs is 1. The van der Waals surface area contributed by atoms with Gasteiger partial charge >= 0.3 is 0 Å². The predicted molar refractivity (Wildman–Crippen MR) is 61.8 cm³/mol. The van der Waals surface area contributed by atoms with Crippen molar-refractivity contribution in [3.8, 4) is 0 Å². The van der Waals surface area contributed by atoms with Crippen LogP contribution in [0.2, 0.25) is 0 Å². The van der Waals surface area contributed by atoms with E-state index < -0.39 is 0 Å². The number of pyridine rings is 1. The maximum absolute atomic E-state index is 4.19. The van der Waals surface area contributed by atoms with E-state index in [1.165, 1.54) is 5.56 Å². The normalized spacial score (nSPS) is 11.9. The minimum Gasteiger partial charge on any atom is -0.220 e. The van der Waals surface area contributed by atoms with Crippen molar-refractivity contribution in [3.63, 3.8) is 0 Å². The van der Waals surface area contributed by atoms with Gasteiger partial charge in [-0.05, 0) is 17.0 Å². The Morgan fingerprint density at radius 1 is 1.40 bits per heavy atom. The summed E-state index contributed by atoms with van der Waals surface area (Å²) in [6.07, 6.45) is 5.41. The largest absolute Gasteiger partial charge is 0.220 e. The highest BCUT2D eigenvalue weighted by Crippen LogP contribution is 2.24. The lowest BCUT2D eigenvalue weighted by Gasteiger charge is -2.19. The molecule has 3 nitrogen and oxygen atoms in total. The van der Waals surface area contributed by atoms with Gasteiger partial charge in [-0.1, -0.05) is 33.4 Å². The molecule has 0 saturated carbocycles. The van der Waals surface area contributed by atoms with E-state index in [1.807, 2.05) is 12.3 Å². The molecular weight excluding hydrogens is 186 g/mol. The first-order valence-corrected chi connectivity index (χ1v) is 4.98. The van der Waals surface area contributed by atoms with Crippen LogP contribution in [0.3, 0.4) is 0 Å². The molecule has 0 spiro atoms. The van der Waals surface area contributed by atoms with Gasteiger partial charge in [-0.2, -0.15) is 5.10 Å². The zero-order valence-electron chi connectivity index (χ0n) is 9.36. The Balaban J connectivity index is 2.74. The van der Waals surface area contributed by atoms with Gasteiger partial charge in [0.25, 0.3) is 0 Å². The molecule has 0 atom stereocenters. The minimum absolute atomic E-state index is 0.109. The first kappa shape index (κ1) is 9.90. The second-order valence-corrected chi connectivity index (χ2v) is 4.67. The molecular formula is C12H15N3. The third-order valence-corrected chi connectivity index (χ3v) is 2.49. The molecule has 2 aromatic rings. The topological polar surface area (TPSA) is 30.2 Å². The van der Waals surface area contributed by atoms with Crippen LogP contribution in [0.1, 0.15) is 31.9 Å². The molecule has 0 bridgehead atoms. The summed E-state index contributed by atoms with van der Waals surface area (Å²) < 4.78 is 1.80. The summed E-state index contributed by atoms with van der Waals surface area (Å²) in [7, 11) is 0. The molecule has 3 heteroatoms. The summed E-state index contributed by atoms with van der Waals surface area (Å²) >= 11 is 0. The van der Waals surface area contributed by atoms with Gasteiger partial charge < -0.3 is 0 Å². The average Bonchev–Trinajstić information content (AvgIpc) is 2.62. The predicted octanol–water partition coefficient (Wildman–Crippen LogP) is 2.67. The Labute approximate surface area is 89.5 Å². The molecule has 0 N–H and O–H groups in total. The smallest absolute Gasteiger partial charge is 0.162 e. The van der Waals surface area contributed by atoms with Crippen molar-refractivity contribution in [3.05, 3.63) is 36.3 Å². The molecule has 0 radical (unpaired) electrons. The summed E-state index contributed by atoms with van der Waals surface area (Å²) in [6.45, 7) is 10.3. The van der Waals surface area contributed by atoms with Crippen LogP contribution in [0.4, 0.5) is 0 Å². The molecule has 2 heterocycles. The summed E-state index contributed by atoms with van der Waals surface area (Å²) in [5, 5.41) is 4.16. The lowest BCUT2D eigenvalue weighted by molar-refractivity contribution is 0.584. The summed E-state index contributed by atoms with van der Waals surface area (Å²) in [5.41, 5.74) is 3.23. The van der Waals surface area contributed by atoms with Crippen LogP contribution in [-0.2, 0) is 5.41 Å². The average molecular weight is 201 g/mol. The van der Waals surface area contributed by atoms with Gasteiger partial charge in [-0.3, -0.25) is 0 Å². The zero-order valence-corrected chi connectivity index (χ0v) is 9.36. The van der Waals surface area contributed by atoms with Crippen molar-refractivity contribution in [2.75, 3.05) is 0 Å². The number of nitrogens with zero attached hydrogens (tertiary/aromatic N) is 3. The summed E-state index contributed by atoms with van der Waals surface area (Å²) in [6, 6.07) is 2.12. The molecule has 0 saturated heterocycles. The maximum Gasteiger partial charge on any atom is 0.162 e. The van der Waals surface area contributed by atoms with E-state index in [9.17, 15) is 0 Å². The Bertz CT molecular complexity index is 503. The van der Waals surface area contributed by atoms with Crippen LogP contribution in [-0.4, -0.2) is 14.6 Å². The quantitative estimate of drug-likeness (QED) is 0.710. The standard InChI is InChI=1S/C12H15N3/c1-5-9-6-10(12(2,3)4)7-15-11(9)13-8-14-15/h5-8H,1H2,2-4H3. The van der Waals surface area contributed by atoms with Crippen LogP contribution >= 0.6 is 0 Å². The SMILES string of the molecule is C=Cc1cc(C(C)(C)C)cn2ncnc12. The van der Waals surface area contributed by atoms with Gasteiger partial charge in [-0.25, -0.2) is 9.50 Å². The van der Waals surface area contributed by atoms with Crippen molar-refractivity contribution in [2.24, 2.45) is 0 Å². The van der Waals surface area contributed by atoms with E-state index in [0.29, 0.717) is 0 Å². The number of hydrogen-bond donors (Lipinski definition) is 0. The Kier molecular flexibility index (Phi) is 2.11. The highest BCUT2D eigenvalue weighted by Gasteiger charge is 2.16. The fourth-order valence-corrected chi connectivity index (χ4v) is 1.51. The lowest BCUT2D eigenvalue weighted by Crippen LogP contribution is -2.12. The van der Waals surface area contributed by atoms with Crippen LogP contribution in [0, 0.1) is 0 Å². The highest BCUT2D eigenvalue weighted by atomic mass is 15.3. The fourth-order valence-electron chi connectivity index (χ4n) is 1.51. The van der Waals surface area contributed by atoms with Gasteiger partial charge in [0.1, 0.15) is 6.33 Å². The lowest BCUT2D eigenvalue weighted by atomic mass is 9.87.